The highest BCUT2D eigenvalue weighted by Gasteiger charge is 2.35. The van der Waals surface area contributed by atoms with Crippen molar-refractivity contribution in [3.63, 3.8) is 0 Å². The van der Waals surface area contributed by atoms with Crippen LogP contribution in [0.25, 0.3) is 0 Å². The van der Waals surface area contributed by atoms with E-state index in [1.54, 1.807) is 31.3 Å². The fraction of sp³-hybridized carbons (Fsp3) is 0.389. The van der Waals surface area contributed by atoms with Gasteiger partial charge in [0.2, 0.25) is 0 Å². The molecule has 0 aliphatic heterocycles. The fourth-order valence-corrected chi connectivity index (χ4v) is 3.50. The second-order valence-electron chi connectivity index (χ2n) is 5.44. The Bertz CT molecular complexity index is 573. The third-order valence-corrected chi connectivity index (χ3v) is 5.30. The summed E-state index contributed by atoms with van der Waals surface area (Å²) in [6.45, 7) is 4.19. The molecule has 2 aromatic rings. The van der Waals surface area contributed by atoms with E-state index in [4.69, 9.17) is 4.74 Å². The quantitative estimate of drug-likeness (QED) is 0.780. The Morgan fingerprint density at radius 1 is 1.27 bits per heavy atom. The zero-order valence-corrected chi connectivity index (χ0v) is 14.1. The third-order valence-electron chi connectivity index (χ3n) is 4.11. The molecule has 0 spiro atoms. The molecule has 0 bridgehead atoms. The van der Waals surface area contributed by atoms with Crippen molar-refractivity contribution in [1.29, 1.82) is 0 Å². The lowest BCUT2D eigenvalue weighted by molar-refractivity contribution is 0.00473. The lowest BCUT2D eigenvalue weighted by Gasteiger charge is -2.33. The number of pyridine rings is 1. The molecule has 1 N–H and O–H groups in total. The lowest BCUT2D eigenvalue weighted by Crippen LogP contribution is -2.36. The maximum Gasteiger partial charge on any atom is 0.118 e. The number of nitrogens with zero attached hydrogens (tertiary/aromatic N) is 1. The lowest BCUT2D eigenvalue weighted by atomic mass is 9.83. The molecule has 2 atom stereocenters. The Hall–Kier alpha value is -1.52. The number of aliphatic hydroxyl groups is 1. The van der Waals surface area contributed by atoms with Crippen LogP contribution in [0.1, 0.15) is 25.8 Å². The zero-order valence-electron chi connectivity index (χ0n) is 13.3. The molecular weight excluding hydrogens is 294 g/mol. The van der Waals surface area contributed by atoms with Gasteiger partial charge in [-0.05, 0) is 36.2 Å². The number of benzene rings is 1. The average Bonchev–Trinajstić information content (AvgIpc) is 2.60. The van der Waals surface area contributed by atoms with Crippen LogP contribution in [-0.4, -0.2) is 23.0 Å². The van der Waals surface area contributed by atoms with E-state index in [0.29, 0.717) is 5.75 Å². The highest BCUT2D eigenvalue weighted by Crippen LogP contribution is 2.37. The molecule has 0 aliphatic rings. The number of ether oxygens (including phenoxy) is 1. The van der Waals surface area contributed by atoms with Crippen LogP contribution in [0.15, 0.2) is 53.7 Å². The Labute approximate surface area is 136 Å². The summed E-state index contributed by atoms with van der Waals surface area (Å²) in [4.78, 5) is 5.28. The van der Waals surface area contributed by atoms with Gasteiger partial charge in [-0.15, -0.1) is 11.8 Å². The van der Waals surface area contributed by atoms with E-state index in [9.17, 15) is 5.11 Å². The van der Waals surface area contributed by atoms with Gasteiger partial charge in [-0.25, -0.2) is 0 Å². The minimum atomic E-state index is -0.881. The normalized spacial score (nSPS) is 15.1. The summed E-state index contributed by atoms with van der Waals surface area (Å²) in [5.41, 5.74) is -0.00138. The van der Waals surface area contributed by atoms with Crippen LogP contribution in [0.4, 0.5) is 0 Å². The summed E-state index contributed by atoms with van der Waals surface area (Å²) in [7, 11) is 1.66. The first-order valence-electron chi connectivity index (χ1n) is 7.50. The standard InChI is InChI=1S/C18H23NO2S/c1-4-14(2)18(20,15-6-5-11-19-12-15)13-22-17-9-7-16(21-3)8-10-17/h5-12,14,20H,4,13H2,1-3H3. The SMILES string of the molecule is CCC(C)C(O)(CSc1ccc(OC)cc1)c1cccnc1. The minimum Gasteiger partial charge on any atom is -0.497 e. The second-order valence-corrected chi connectivity index (χ2v) is 6.49. The van der Waals surface area contributed by atoms with E-state index in [1.165, 1.54) is 0 Å². The Kier molecular flexibility index (Phi) is 5.86. The third kappa shape index (κ3) is 3.81. The molecule has 0 fully saturated rings. The molecule has 1 aromatic heterocycles. The fourth-order valence-electron chi connectivity index (χ4n) is 2.33. The molecule has 3 nitrogen and oxygen atoms in total. The van der Waals surface area contributed by atoms with Gasteiger partial charge in [0.05, 0.1) is 7.11 Å². The number of hydrogen-bond acceptors (Lipinski definition) is 4. The van der Waals surface area contributed by atoms with Gasteiger partial charge in [-0.1, -0.05) is 26.3 Å². The molecule has 0 aliphatic carbocycles. The maximum atomic E-state index is 11.2. The molecule has 0 amide bonds. The minimum absolute atomic E-state index is 0.155. The molecular formula is C18H23NO2S. The summed E-state index contributed by atoms with van der Waals surface area (Å²) in [5, 5.41) is 11.2. The molecule has 1 heterocycles. The van der Waals surface area contributed by atoms with Gasteiger partial charge in [0.25, 0.3) is 0 Å². The number of thioether (sulfide) groups is 1. The smallest absolute Gasteiger partial charge is 0.118 e. The van der Waals surface area contributed by atoms with Crippen LogP contribution in [0.5, 0.6) is 5.75 Å². The predicted molar refractivity (Wildman–Crippen MR) is 91.3 cm³/mol. The molecule has 0 saturated carbocycles. The van der Waals surface area contributed by atoms with E-state index in [-0.39, 0.29) is 5.92 Å². The van der Waals surface area contributed by atoms with Crippen molar-refractivity contribution in [2.75, 3.05) is 12.9 Å². The van der Waals surface area contributed by atoms with Crippen LogP contribution in [0.3, 0.4) is 0 Å². The van der Waals surface area contributed by atoms with Crippen molar-refractivity contribution < 1.29 is 9.84 Å². The summed E-state index contributed by atoms with van der Waals surface area (Å²) in [5.74, 6) is 1.59. The highest BCUT2D eigenvalue weighted by atomic mass is 32.2. The van der Waals surface area contributed by atoms with E-state index in [2.05, 4.69) is 18.8 Å². The van der Waals surface area contributed by atoms with Gasteiger partial charge in [-0.3, -0.25) is 4.98 Å². The molecule has 0 saturated heterocycles. The van der Waals surface area contributed by atoms with Crippen LogP contribution >= 0.6 is 11.8 Å². The van der Waals surface area contributed by atoms with Crippen LogP contribution in [-0.2, 0) is 5.60 Å². The van der Waals surface area contributed by atoms with Crippen molar-refractivity contribution in [3.05, 3.63) is 54.4 Å². The van der Waals surface area contributed by atoms with Crippen molar-refractivity contribution in [1.82, 2.24) is 4.98 Å². The van der Waals surface area contributed by atoms with Crippen molar-refractivity contribution in [3.8, 4) is 5.75 Å². The van der Waals surface area contributed by atoms with Crippen molar-refractivity contribution in [2.45, 2.75) is 30.8 Å². The van der Waals surface area contributed by atoms with Gasteiger partial charge in [0, 0.05) is 28.6 Å². The highest BCUT2D eigenvalue weighted by molar-refractivity contribution is 7.99. The second kappa shape index (κ2) is 7.65. The largest absolute Gasteiger partial charge is 0.497 e. The number of methoxy groups -OCH3 is 1. The zero-order chi connectivity index (χ0) is 16.0. The first-order valence-corrected chi connectivity index (χ1v) is 8.48. The van der Waals surface area contributed by atoms with Crippen molar-refractivity contribution in [2.24, 2.45) is 5.92 Å². The van der Waals surface area contributed by atoms with Gasteiger partial charge >= 0.3 is 0 Å². The van der Waals surface area contributed by atoms with E-state index < -0.39 is 5.60 Å². The molecule has 22 heavy (non-hydrogen) atoms. The number of aromatic nitrogens is 1. The monoisotopic (exact) mass is 317 g/mol. The van der Waals surface area contributed by atoms with E-state index in [0.717, 1.165) is 22.6 Å². The summed E-state index contributed by atoms with van der Waals surface area (Å²) >= 11 is 1.65. The Balaban J connectivity index is 2.16. The van der Waals surface area contributed by atoms with E-state index in [1.807, 2.05) is 36.4 Å². The summed E-state index contributed by atoms with van der Waals surface area (Å²) in [6, 6.07) is 11.7. The summed E-state index contributed by atoms with van der Waals surface area (Å²) in [6.07, 6.45) is 4.41. The van der Waals surface area contributed by atoms with Crippen molar-refractivity contribution >= 4 is 11.8 Å². The molecule has 2 unspecified atom stereocenters. The molecule has 118 valence electrons. The first-order chi connectivity index (χ1) is 10.6. The van der Waals surface area contributed by atoms with Crippen LogP contribution in [0.2, 0.25) is 0 Å². The molecule has 2 rings (SSSR count). The topological polar surface area (TPSA) is 42.4 Å². The molecule has 0 radical (unpaired) electrons. The average molecular weight is 317 g/mol. The first kappa shape index (κ1) is 16.8. The van der Waals surface area contributed by atoms with E-state index >= 15 is 0 Å². The maximum absolute atomic E-state index is 11.2. The van der Waals surface area contributed by atoms with Crippen LogP contribution in [0, 0.1) is 5.92 Å². The van der Waals surface area contributed by atoms with Gasteiger partial charge in [0.1, 0.15) is 11.4 Å². The predicted octanol–water partition coefficient (Wildman–Crippen LogP) is 4.12. The number of rotatable bonds is 7. The molecule has 4 heteroatoms. The molecule has 1 aromatic carbocycles. The van der Waals surface area contributed by atoms with Gasteiger partial charge < -0.3 is 9.84 Å². The Morgan fingerprint density at radius 2 is 2.00 bits per heavy atom. The van der Waals surface area contributed by atoms with Gasteiger partial charge in [0.15, 0.2) is 0 Å². The van der Waals surface area contributed by atoms with Crippen LogP contribution < -0.4 is 4.74 Å². The number of hydrogen-bond donors (Lipinski definition) is 1. The van der Waals surface area contributed by atoms with Gasteiger partial charge in [-0.2, -0.15) is 0 Å². The Morgan fingerprint density at radius 3 is 2.55 bits per heavy atom. The summed E-state index contributed by atoms with van der Waals surface area (Å²) < 4.78 is 5.17.